The van der Waals surface area contributed by atoms with E-state index in [0.717, 1.165) is 5.56 Å². The van der Waals surface area contributed by atoms with E-state index >= 15 is 0 Å². The number of carbonyl (C=O) groups excluding carboxylic acids is 1. The summed E-state index contributed by atoms with van der Waals surface area (Å²) in [6.07, 6.45) is 0. The van der Waals surface area contributed by atoms with Crippen molar-refractivity contribution in [1.82, 2.24) is 10.2 Å². The Hall–Kier alpha value is -2.98. The second kappa shape index (κ2) is 5.77. The molecule has 1 amide bonds. The molecular weight excluding hydrogens is 256 g/mol. The van der Waals surface area contributed by atoms with Gasteiger partial charge in [-0.25, -0.2) is 5.84 Å². The first-order chi connectivity index (χ1) is 9.65. The molecule has 20 heavy (non-hydrogen) atoms. The first-order valence-electron chi connectivity index (χ1n) is 5.77. The van der Waals surface area contributed by atoms with Crippen LogP contribution in [0.1, 0.15) is 21.6 Å². The first-order valence-corrected chi connectivity index (χ1v) is 5.77. The molecule has 0 bridgehead atoms. The van der Waals surface area contributed by atoms with Gasteiger partial charge in [0.05, 0.1) is 11.3 Å². The summed E-state index contributed by atoms with van der Waals surface area (Å²) in [5.74, 6) is 5.08. The largest absolute Gasteiger partial charge is 0.319 e. The van der Waals surface area contributed by atoms with E-state index in [4.69, 9.17) is 11.1 Å². The lowest BCUT2D eigenvalue weighted by atomic mass is 10.1. The maximum absolute atomic E-state index is 12.0. The van der Waals surface area contributed by atoms with Crippen LogP contribution < -0.4 is 16.6 Å². The lowest BCUT2D eigenvalue weighted by Gasteiger charge is -2.08. The summed E-state index contributed by atoms with van der Waals surface area (Å²) in [6, 6.07) is 10.3. The Bertz CT molecular complexity index is 674. The molecule has 0 aliphatic rings. The minimum absolute atomic E-state index is 0.134. The number of aromatic nitrogens is 2. The van der Waals surface area contributed by atoms with Crippen LogP contribution in [-0.4, -0.2) is 16.1 Å². The Balaban J connectivity index is 2.23. The smallest absolute Gasteiger partial charge is 0.276 e. The molecule has 7 heteroatoms. The van der Waals surface area contributed by atoms with Crippen molar-refractivity contribution < 1.29 is 4.79 Å². The van der Waals surface area contributed by atoms with Gasteiger partial charge in [-0.15, -0.1) is 10.2 Å². The summed E-state index contributed by atoms with van der Waals surface area (Å²) in [7, 11) is 0. The van der Waals surface area contributed by atoms with Crippen molar-refractivity contribution in [2.45, 2.75) is 6.92 Å². The van der Waals surface area contributed by atoms with E-state index in [-0.39, 0.29) is 5.69 Å². The number of amides is 1. The lowest BCUT2D eigenvalue weighted by Crippen LogP contribution is -2.16. The number of hydrogen-bond acceptors (Lipinski definition) is 6. The Morgan fingerprint density at radius 1 is 1.30 bits per heavy atom. The standard InChI is InChI=1S/C13H12N6O/c1-8-3-2-4-10(9(8)7-14)16-13(20)11-5-6-12(17-15)19-18-11/h2-6H,15H2,1H3,(H,16,20)(H,17,19). The normalized spacial score (nSPS) is 9.65. The predicted molar refractivity (Wildman–Crippen MR) is 73.7 cm³/mol. The van der Waals surface area contributed by atoms with E-state index in [0.29, 0.717) is 17.1 Å². The molecular formula is C13H12N6O. The third kappa shape index (κ3) is 2.71. The SMILES string of the molecule is Cc1cccc(NC(=O)c2ccc(NN)nn2)c1C#N. The maximum atomic E-state index is 12.0. The zero-order valence-electron chi connectivity index (χ0n) is 10.7. The number of hydrogen-bond donors (Lipinski definition) is 3. The van der Waals surface area contributed by atoms with Crippen LogP contribution in [0.5, 0.6) is 0 Å². The van der Waals surface area contributed by atoms with E-state index in [1.807, 2.05) is 0 Å². The van der Waals surface area contributed by atoms with Gasteiger partial charge in [0.1, 0.15) is 6.07 Å². The van der Waals surface area contributed by atoms with Gasteiger partial charge in [0, 0.05) is 0 Å². The highest BCUT2D eigenvalue weighted by Gasteiger charge is 2.12. The number of nitrogens with two attached hydrogens (primary N) is 1. The second-order valence-electron chi connectivity index (χ2n) is 4.01. The van der Waals surface area contributed by atoms with Crippen LogP contribution in [0.3, 0.4) is 0 Å². The summed E-state index contributed by atoms with van der Waals surface area (Å²) in [5, 5.41) is 19.2. The first kappa shape index (κ1) is 13.5. The van der Waals surface area contributed by atoms with Crippen molar-refractivity contribution in [2.24, 2.45) is 5.84 Å². The summed E-state index contributed by atoms with van der Waals surface area (Å²) in [6.45, 7) is 1.80. The molecule has 1 heterocycles. The van der Waals surface area contributed by atoms with Crippen LogP contribution >= 0.6 is 0 Å². The Morgan fingerprint density at radius 3 is 2.70 bits per heavy atom. The molecule has 0 unspecified atom stereocenters. The van der Waals surface area contributed by atoms with Crippen molar-refractivity contribution in [2.75, 3.05) is 10.7 Å². The average molecular weight is 268 g/mol. The summed E-state index contributed by atoms with van der Waals surface area (Å²) in [4.78, 5) is 12.0. The van der Waals surface area contributed by atoms with Crippen LogP contribution in [-0.2, 0) is 0 Å². The molecule has 0 saturated heterocycles. The fraction of sp³-hybridized carbons (Fsp3) is 0.0769. The van der Waals surface area contributed by atoms with Gasteiger partial charge in [-0.05, 0) is 30.7 Å². The quantitative estimate of drug-likeness (QED) is 0.568. The monoisotopic (exact) mass is 268 g/mol. The topological polar surface area (TPSA) is 117 Å². The highest BCUT2D eigenvalue weighted by atomic mass is 16.1. The third-order valence-corrected chi connectivity index (χ3v) is 2.68. The summed E-state index contributed by atoms with van der Waals surface area (Å²) >= 11 is 0. The number of nitriles is 1. The molecule has 100 valence electrons. The zero-order chi connectivity index (χ0) is 14.5. The zero-order valence-corrected chi connectivity index (χ0v) is 10.7. The average Bonchev–Trinajstić information content (AvgIpc) is 2.47. The molecule has 0 spiro atoms. The number of benzene rings is 1. The van der Waals surface area contributed by atoms with E-state index in [2.05, 4.69) is 27.0 Å². The maximum Gasteiger partial charge on any atom is 0.276 e. The molecule has 0 aliphatic carbocycles. The fourth-order valence-corrected chi connectivity index (χ4v) is 1.64. The Morgan fingerprint density at radius 2 is 2.10 bits per heavy atom. The van der Waals surface area contributed by atoms with Gasteiger partial charge in [-0.2, -0.15) is 5.26 Å². The minimum Gasteiger partial charge on any atom is -0.319 e. The second-order valence-corrected chi connectivity index (χ2v) is 4.01. The lowest BCUT2D eigenvalue weighted by molar-refractivity contribution is 0.102. The predicted octanol–water partition coefficient (Wildman–Crippen LogP) is 1.19. The minimum atomic E-state index is -0.442. The van der Waals surface area contributed by atoms with Crippen LogP contribution in [0.4, 0.5) is 11.5 Å². The fourth-order valence-electron chi connectivity index (χ4n) is 1.64. The van der Waals surface area contributed by atoms with E-state index in [9.17, 15) is 4.79 Å². The Labute approximate surface area is 115 Å². The van der Waals surface area contributed by atoms with E-state index in [1.54, 1.807) is 25.1 Å². The number of rotatable bonds is 3. The van der Waals surface area contributed by atoms with Crippen molar-refractivity contribution in [3.63, 3.8) is 0 Å². The van der Waals surface area contributed by atoms with Gasteiger partial charge in [-0.3, -0.25) is 4.79 Å². The molecule has 0 atom stereocenters. The number of nitrogen functional groups attached to an aromatic ring is 1. The van der Waals surface area contributed by atoms with Crippen LogP contribution in [0, 0.1) is 18.3 Å². The molecule has 0 fully saturated rings. The number of aryl methyl sites for hydroxylation is 1. The van der Waals surface area contributed by atoms with Crippen LogP contribution in [0.25, 0.3) is 0 Å². The Kier molecular flexibility index (Phi) is 3.88. The van der Waals surface area contributed by atoms with Gasteiger partial charge in [0.15, 0.2) is 11.5 Å². The molecule has 0 radical (unpaired) electrons. The van der Waals surface area contributed by atoms with E-state index in [1.165, 1.54) is 12.1 Å². The van der Waals surface area contributed by atoms with E-state index < -0.39 is 5.91 Å². The molecule has 0 aliphatic heterocycles. The number of anilines is 2. The number of nitrogens with one attached hydrogen (secondary N) is 2. The van der Waals surface area contributed by atoms with Crippen molar-refractivity contribution in [3.05, 3.63) is 47.2 Å². The molecule has 2 rings (SSSR count). The number of carbonyl (C=O) groups is 1. The molecule has 2 aromatic rings. The third-order valence-electron chi connectivity index (χ3n) is 2.68. The molecule has 7 nitrogen and oxygen atoms in total. The van der Waals surface area contributed by atoms with Crippen LogP contribution in [0.2, 0.25) is 0 Å². The van der Waals surface area contributed by atoms with Gasteiger partial charge in [0.25, 0.3) is 5.91 Å². The van der Waals surface area contributed by atoms with Gasteiger partial charge >= 0.3 is 0 Å². The van der Waals surface area contributed by atoms with Crippen molar-refractivity contribution in [1.29, 1.82) is 5.26 Å². The van der Waals surface area contributed by atoms with Crippen molar-refractivity contribution in [3.8, 4) is 6.07 Å². The van der Waals surface area contributed by atoms with Gasteiger partial charge in [0.2, 0.25) is 0 Å². The summed E-state index contributed by atoms with van der Waals surface area (Å²) in [5.41, 5.74) is 4.11. The number of nitrogens with zero attached hydrogens (tertiary/aromatic N) is 3. The van der Waals surface area contributed by atoms with Crippen LogP contribution in [0.15, 0.2) is 30.3 Å². The van der Waals surface area contributed by atoms with Crippen molar-refractivity contribution >= 4 is 17.4 Å². The molecule has 4 N–H and O–H groups in total. The van der Waals surface area contributed by atoms with Gasteiger partial charge < -0.3 is 10.7 Å². The highest BCUT2D eigenvalue weighted by molar-refractivity contribution is 6.03. The molecule has 0 saturated carbocycles. The molecule has 1 aromatic heterocycles. The number of hydrazine groups is 1. The highest BCUT2D eigenvalue weighted by Crippen LogP contribution is 2.18. The van der Waals surface area contributed by atoms with Gasteiger partial charge in [-0.1, -0.05) is 12.1 Å². The summed E-state index contributed by atoms with van der Waals surface area (Å²) < 4.78 is 0. The molecule has 1 aromatic carbocycles.